The normalized spacial score (nSPS) is 18.9. The van der Waals surface area contributed by atoms with Crippen LogP contribution in [0.4, 0.5) is 0 Å². The number of hydrogen-bond donors (Lipinski definition) is 0. The summed E-state index contributed by atoms with van der Waals surface area (Å²) in [5, 5.41) is 1.77. The van der Waals surface area contributed by atoms with Crippen LogP contribution in [-0.4, -0.2) is 61.2 Å². The van der Waals surface area contributed by atoms with Crippen LogP contribution in [0.15, 0.2) is 56.3 Å². The van der Waals surface area contributed by atoms with E-state index in [1.807, 2.05) is 21.9 Å². The summed E-state index contributed by atoms with van der Waals surface area (Å²) in [4.78, 5) is 17.1. The molecule has 1 amide bonds. The molecule has 1 saturated heterocycles. The van der Waals surface area contributed by atoms with Gasteiger partial charge in [-0.05, 0) is 49.3 Å². The highest BCUT2D eigenvalue weighted by molar-refractivity contribution is 7.91. The Kier molecular flexibility index (Phi) is 6.72. The number of furan rings is 1. The van der Waals surface area contributed by atoms with Gasteiger partial charge in [-0.25, -0.2) is 8.42 Å². The van der Waals surface area contributed by atoms with Crippen molar-refractivity contribution in [2.24, 2.45) is 0 Å². The number of allylic oxidation sites excluding steroid dienone is 2. The zero-order valence-corrected chi connectivity index (χ0v) is 18.5. The van der Waals surface area contributed by atoms with Gasteiger partial charge < -0.3 is 9.32 Å². The smallest absolute Gasteiger partial charge is 0.252 e. The Labute approximate surface area is 181 Å². The molecule has 3 heterocycles. The maximum atomic E-state index is 13.2. The minimum Gasteiger partial charge on any atom is -0.467 e. The molecule has 9 heteroatoms. The Bertz CT molecular complexity index is 960. The van der Waals surface area contributed by atoms with Crippen molar-refractivity contribution < 1.29 is 17.6 Å². The highest BCUT2D eigenvalue weighted by atomic mass is 32.2. The number of carbonyl (C=O) groups is 1. The van der Waals surface area contributed by atoms with Crippen LogP contribution in [-0.2, 0) is 21.4 Å². The van der Waals surface area contributed by atoms with E-state index < -0.39 is 10.0 Å². The van der Waals surface area contributed by atoms with E-state index in [2.05, 4.69) is 6.08 Å². The van der Waals surface area contributed by atoms with Crippen LogP contribution in [0.2, 0.25) is 0 Å². The summed E-state index contributed by atoms with van der Waals surface area (Å²) >= 11 is 1.24. The molecule has 1 aliphatic heterocycles. The molecule has 4 rings (SSSR count). The van der Waals surface area contributed by atoms with E-state index in [0.29, 0.717) is 36.9 Å². The van der Waals surface area contributed by atoms with Crippen molar-refractivity contribution in [3.8, 4) is 0 Å². The number of amides is 1. The number of thiophene rings is 1. The second kappa shape index (κ2) is 9.47. The van der Waals surface area contributed by atoms with Crippen molar-refractivity contribution in [3.05, 3.63) is 53.4 Å². The predicted molar refractivity (Wildman–Crippen MR) is 115 cm³/mol. The molecule has 0 N–H and O–H groups in total. The fourth-order valence-corrected chi connectivity index (χ4v) is 6.48. The molecule has 2 aromatic rings. The van der Waals surface area contributed by atoms with Crippen molar-refractivity contribution in [2.75, 3.05) is 32.7 Å². The largest absolute Gasteiger partial charge is 0.467 e. The van der Waals surface area contributed by atoms with Gasteiger partial charge in [-0.1, -0.05) is 12.1 Å². The van der Waals surface area contributed by atoms with E-state index in [0.717, 1.165) is 37.1 Å². The molecule has 1 aliphatic carbocycles. The molecule has 0 spiro atoms. The zero-order chi connectivity index (χ0) is 21.0. The lowest BCUT2D eigenvalue weighted by atomic mass is 10.0. The number of piperazine rings is 1. The molecular formula is C21H27N3O4S2. The fraction of sp³-hybridized carbons (Fsp3) is 0.476. The molecule has 0 unspecified atom stereocenters. The third kappa shape index (κ3) is 4.85. The van der Waals surface area contributed by atoms with E-state index in [-0.39, 0.29) is 12.5 Å². The number of carbonyl (C=O) groups excluding carboxylic acids is 1. The van der Waals surface area contributed by atoms with Crippen molar-refractivity contribution in [3.63, 3.8) is 0 Å². The monoisotopic (exact) mass is 449 g/mol. The van der Waals surface area contributed by atoms with Gasteiger partial charge in [-0.15, -0.1) is 11.3 Å². The van der Waals surface area contributed by atoms with Gasteiger partial charge in [0.2, 0.25) is 5.91 Å². The summed E-state index contributed by atoms with van der Waals surface area (Å²) in [5.74, 6) is 0.802. The Morgan fingerprint density at radius 3 is 2.60 bits per heavy atom. The molecule has 2 aromatic heterocycles. The van der Waals surface area contributed by atoms with E-state index in [4.69, 9.17) is 4.42 Å². The third-order valence-electron chi connectivity index (χ3n) is 5.59. The molecule has 0 saturated carbocycles. The zero-order valence-electron chi connectivity index (χ0n) is 16.9. The Morgan fingerprint density at radius 1 is 1.13 bits per heavy atom. The van der Waals surface area contributed by atoms with Crippen molar-refractivity contribution >= 4 is 27.3 Å². The maximum absolute atomic E-state index is 13.2. The van der Waals surface area contributed by atoms with Crippen LogP contribution in [0.1, 0.15) is 31.4 Å². The first-order valence-electron chi connectivity index (χ1n) is 10.3. The molecule has 0 radical (unpaired) electrons. The summed E-state index contributed by atoms with van der Waals surface area (Å²) in [6, 6.07) is 7.11. The quantitative estimate of drug-likeness (QED) is 0.649. The van der Waals surface area contributed by atoms with Crippen molar-refractivity contribution in [2.45, 2.75) is 36.4 Å². The molecule has 0 aromatic carbocycles. The lowest BCUT2D eigenvalue weighted by Crippen LogP contribution is -2.51. The highest BCUT2D eigenvalue weighted by Gasteiger charge is 2.31. The molecule has 30 heavy (non-hydrogen) atoms. The summed E-state index contributed by atoms with van der Waals surface area (Å²) in [6.45, 7) is 2.60. The topological polar surface area (TPSA) is 74.1 Å². The number of rotatable bonds is 7. The van der Waals surface area contributed by atoms with Gasteiger partial charge in [-0.2, -0.15) is 4.31 Å². The predicted octanol–water partition coefficient (Wildman–Crippen LogP) is 3.13. The molecule has 1 fully saturated rings. The second-order valence-electron chi connectivity index (χ2n) is 7.61. The van der Waals surface area contributed by atoms with Crippen LogP contribution < -0.4 is 0 Å². The Morgan fingerprint density at radius 2 is 1.97 bits per heavy atom. The van der Waals surface area contributed by atoms with Crippen molar-refractivity contribution in [1.29, 1.82) is 0 Å². The lowest BCUT2D eigenvalue weighted by molar-refractivity contribution is -0.131. The average Bonchev–Trinajstić information content (AvgIpc) is 3.47. The van der Waals surface area contributed by atoms with Crippen LogP contribution in [0.5, 0.6) is 0 Å². The van der Waals surface area contributed by atoms with E-state index in [9.17, 15) is 13.2 Å². The van der Waals surface area contributed by atoms with Gasteiger partial charge in [0.1, 0.15) is 9.97 Å². The molecule has 0 atom stereocenters. The first kappa shape index (κ1) is 21.3. The molecule has 0 bridgehead atoms. The molecule has 2 aliphatic rings. The van der Waals surface area contributed by atoms with Crippen LogP contribution in [0.25, 0.3) is 0 Å². The molecule has 162 valence electrons. The average molecular weight is 450 g/mol. The minimum absolute atomic E-state index is 0.0362. The first-order valence-corrected chi connectivity index (χ1v) is 12.6. The lowest BCUT2D eigenvalue weighted by Gasteiger charge is -2.35. The van der Waals surface area contributed by atoms with Gasteiger partial charge in [0, 0.05) is 31.9 Å². The summed E-state index contributed by atoms with van der Waals surface area (Å²) < 4.78 is 32.8. The van der Waals surface area contributed by atoms with Gasteiger partial charge >= 0.3 is 0 Å². The van der Waals surface area contributed by atoms with E-state index >= 15 is 0 Å². The van der Waals surface area contributed by atoms with Crippen LogP contribution in [0, 0.1) is 0 Å². The van der Waals surface area contributed by atoms with E-state index in [1.54, 1.807) is 23.8 Å². The number of sulfonamides is 1. The molecular weight excluding hydrogens is 422 g/mol. The fourth-order valence-electron chi connectivity index (χ4n) is 3.92. The van der Waals surface area contributed by atoms with Crippen LogP contribution in [0.3, 0.4) is 0 Å². The standard InChI is InChI=1S/C21H27N3O4S2/c25-20(24(16-19-8-4-14-28-19)18-6-2-1-3-7-18)17-22-10-12-23(13-11-22)30(26,27)21-9-5-15-29-21/h4-6,8-9,14-15H,1-3,7,10-13,16-17H2. The SMILES string of the molecule is O=C(CN1CCN(S(=O)(=O)c2cccs2)CC1)N(Cc1ccco1)C1=CCCCC1. The number of nitrogens with zero attached hydrogens (tertiary/aromatic N) is 3. The summed E-state index contributed by atoms with van der Waals surface area (Å²) in [6.07, 6.45) is 7.94. The van der Waals surface area contributed by atoms with E-state index in [1.165, 1.54) is 15.6 Å². The summed E-state index contributed by atoms with van der Waals surface area (Å²) in [7, 11) is -3.43. The second-order valence-corrected chi connectivity index (χ2v) is 10.7. The first-order chi connectivity index (χ1) is 14.5. The van der Waals surface area contributed by atoms with Gasteiger partial charge in [0.25, 0.3) is 10.0 Å². The highest BCUT2D eigenvalue weighted by Crippen LogP contribution is 2.24. The van der Waals surface area contributed by atoms with Crippen LogP contribution >= 0.6 is 11.3 Å². The van der Waals surface area contributed by atoms with Gasteiger partial charge in [0.15, 0.2) is 0 Å². The molecule has 7 nitrogen and oxygen atoms in total. The minimum atomic E-state index is -3.43. The third-order valence-corrected chi connectivity index (χ3v) is 8.86. The Balaban J connectivity index is 1.38. The Hall–Kier alpha value is -1.94. The van der Waals surface area contributed by atoms with Gasteiger partial charge in [0.05, 0.1) is 19.4 Å². The summed E-state index contributed by atoms with van der Waals surface area (Å²) in [5.41, 5.74) is 1.07. The van der Waals surface area contributed by atoms with Crippen molar-refractivity contribution in [1.82, 2.24) is 14.1 Å². The van der Waals surface area contributed by atoms with Gasteiger partial charge in [-0.3, -0.25) is 9.69 Å². The maximum Gasteiger partial charge on any atom is 0.252 e. The number of hydrogen-bond acceptors (Lipinski definition) is 6.